The van der Waals surface area contributed by atoms with Crippen LogP contribution in [-0.4, -0.2) is 22.9 Å². The summed E-state index contributed by atoms with van der Waals surface area (Å²) in [6, 6.07) is 4.77. The van der Waals surface area contributed by atoms with Gasteiger partial charge in [-0.25, -0.2) is 4.98 Å². The van der Waals surface area contributed by atoms with Crippen LogP contribution in [0.25, 0.3) is 0 Å². The number of nitrogens with zero attached hydrogens (tertiary/aromatic N) is 2. The van der Waals surface area contributed by atoms with Gasteiger partial charge in [0.1, 0.15) is 5.82 Å². The first-order chi connectivity index (χ1) is 7.83. The van der Waals surface area contributed by atoms with E-state index in [1.807, 2.05) is 12.3 Å². The van der Waals surface area contributed by atoms with Crippen molar-refractivity contribution in [2.75, 3.05) is 16.8 Å². The Bertz CT molecular complexity index is 340. The van der Waals surface area contributed by atoms with E-state index in [0.29, 0.717) is 6.04 Å². The molecule has 3 heteroatoms. The smallest absolute Gasteiger partial charge is 0.131 e. The first kappa shape index (κ1) is 11.9. The van der Waals surface area contributed by atoms with Gasteiger partial charge in [0.05, 0.1) is 0 Å². The molecular formula is C13H19BrN2. The number of aromatic nitrogens is 1. The molecule has 1 aliphatic rings. The Balaban J connectivity index is 2.25. The molecule has 0 saturated carbocycles. The molecule has 1 fully saturated rings. The van der Waals surface area contributed by atoms with Gasteiger partial charge < -0.3 is 4.90 Å². The molecule has 0 amide bonds. The van der Waals surface area contributed by atoms with E-state index >= 15 is 0 Å². The van der Waals surface area contributed by atoms with Crippen molar-refractivity contribution in [1.82, 2.24) is 4.98 Å². The van der Waals surface area contributed by atoms with Gasteiger partial charge in [-0.05, 0) is 31.4 Å². The van der Waals surface area contributed by atoms with Crippen molar-refractivity contribution in [3.8, 4) is 0 Å². The number of hydrogen-bond acceptors (Lipinski definition) is 2. The third kappa shape index (κ3) is 2.57. The molecule has 2 rings (SSSR count). The van der Waals surface area contributed by atoms with E-state index in [0.717, 1.165) is 11.9 Å². The lowest BCUT2D eigenvalue weighted by Crippen LogP contribution is -2.37. The summed E-state index contributed by atoms with van der Waals surface area (Å²) >= 11 is 3.64. The molecule has 1 atom stereocenters. The number of halogens is 1. The van der Waals surface area contributed by atoms with Gasteiger partial charge in [0.2, 0.25) is 0 Å². The van der Waals surface area contributed by atoms with Crippen molar-refractivity contribution in [3.05, 3.63) is 23.9 Å². The van der Waals surface area contributed by atoms with E-state index in [4.69, 9.17) is 0 Å². The maximum atomic E-state index is 4.55. The van der Waals surface area contributed by atoms with Crippen molar-refractivity contribution in [2.24, 2.45) is 0 Å². The van der Waals surface area contributed by atoms with Gasteiger partial charge in [0, 0.05) is 24.1 Å². The van der Waals surface area contributed by atoms with Crippen molar-refractivity contribution in [3.63, 3.8) is 0 Å². The summed E-state index contributed by atoms with van der Waals surface area (Å²) in [5.74, 6) is 1.17. The minimum Gasteiger partial charge on any atom is -0.353 e. The first-order valence-corrected chi connectivity index (χ1v) is 7.19. The molecule has 2 nitrogen and oxygen atoms in total. The predicted molar refractivity (Wildman–Crippen MR) is 72.4 cm³/mol. The number of pyridine rings is 1. The van der Waals surface area contributed by atoms with E-state index in [1.165, 1.54) is 37.1 Å². The van der Waals surface area contributed by atoms with Crippen molar-refractivity contribution in [1.29, 1.82) is 0 Å². The van der Waals surface area contributed by atoms with E-state index in [-0.39, 0.29) is 0 Å². The van der Waals surface area contributed by atoms with Crippen LogP contribution in [0.3, 0.4) is 0 Å². The maximum Gasteiger partial charge on any atom is 0.131 e. The molecule has 0 N–H and O–H groups in total. The van der Waals surface area contributed by atoms with Crippen LogP contribution in [0, 0.1) is 6.92 Å². The summed E-state index contributed by atoms with van der Waals surface area (Å²) in [5, 5.41) is 1.04. The van der Waals surface area contributed by atoms with Crippen molar-refractivity contribution < 1.29 is 0 Å². The SMILES string of the molecule is Cc1cccnc1N1CCCCCC1CBr. The minimum atomic E-state index is 0.607. The molecule has 88 valence electrons. The zero-order chi connectivity index (χ0) is 11.4. The molecule has 0 radical (unpaired) electrons. The molecule has 1 aliphatic heterocycles. The molecule has 0 spiro atoms. The number of hydrogen-bond donors (Lipinski definition) is 0. The van der Waals surface area contributed by atoms with E-state index in [9.17, 15) is 0 Å². The average molecular weight is 283 g/mol. The van der Waals surface area contributed by atoms with Crippen LogP contribution >= 0.6 is 15.9 Å². The van der Waals surface area contributed by atoms with Gasteiger partial charge in [-0.3, -0.25) is 0 Å². The molecule has 2 heterocycles. The molecule has 1 aromatic rings. The van der Waals surface area contributed by atoms with E-state index in [1.54, 1.807) is 0 Å². The second-order valence-corrected chi connectivity index (χ2v) is 5.14. The van der Waals surface area contributed by atoms with E-state index in [2.05, 4.69) is 38.8 Å². The fourth-order valence-corrected chi connectivity index (χ4v) is 3.07. The Morgan fingerprint density at radius 1 is 1.44 bits per heavy atom. The lowest BCUT2D eigenvalue weighted by Gasteiger charge is -2.30. The van der Waals surface area contributed by atoms with Crippen LogP contribution in [0.15, 0.2) is 18.3 Å². The molecule has 16 heavy (non-hydrogen) atoms. The quantitative estimate of drug-likeness (QED) is 0.772. The maximum absolute atomic E-state index is 4.55. The summed E-state index contributed by atoms with van der Waals surface area (Å²) in [6.07, 6.45) is 7.17. The van der Waals surface area contributed by atoms with E-state index < -0.39 is 0 Å². The number of aryl methyl sites for hydroxylation is 1. The fourth-order valence-electron chi connectivity index (χ4n) is 2.39. The predicted octanol–water partition coefficient (Wildman–Crippen LogP) is 3.53. The van der Waals surface area contributed by atoms with Crippen LogP contribution < -0.4 is 4.90 Å². The van der Waals surface area contributed by atoms with Gasteiger partial charge in [-0.1, -0.05) is 34.8 Å². The summed E-state index contributed by atoms with van der Waals surface area (Å²) < 4.78 is 0. The zero-order valence-corrected chi connectivity index (χ0v) is 11.4. The summed E-state index contributed by atoms with van der Waals surface area (Å²) in [5.41, 5.74) is 1.29. The highest BCUT2D eigenvalue weighted by Crippen LogP contribution is 2.25. The van der Waals surface area contributed by atoms with Crippen LogP contribution in [0.2, 0.25) is 0 Å². The molecule has 1 unspecified atom stereocenters. The molecule has 0 aliphatic carbocycles. The Labute approximate surface area is 106 Å². The second-order valence-electron chi connectivity index (χ2n) is 4.49. The van der Waals surface area contributed by atoms with Gasteiger partial charge in [0.25, 0.3) is 0 Å². The van der Waals surface area contributed by atoms with Crippen LogP contribution in [-0.2, 0) is 0 Å². The highest BCUT2D eigenvalue weighted by atomic mass is 79.9. The molecule has 1 aromatic heterocycles. The normalized spacial score (nSPS) is 21.9. The third-order valence-corrected chi connectivity index (χ3v) is 4.06. The van der Waals surface area contributed by atoms with Gasteiger partial charge in [0.15, 0.2) is 0 Å². The van der Waals surface area contributed by atoms with Crippen LogP contribution in [0.5, 0.6) is 0 Å². The topological polar surface area (TPSA) is 16.1 Å². The Hall–Kier alpha value is -0.570. The lowest BCUT2D eigenvalue weighted by molar-refractivity contribution is 0.620. The van der Waals surface area contributed by atoms with Crippen molar-refractivity contribution >= 4 is 21.7 Å². The Morgan fingerprint density at radius 2 is 2.31 bits per heavy atom. The summed E-state index contributed by atoms with van der Waals surface area (Å²) in [4.78, 5) is 7.03. The van der Waals surface area contributed by atoms with Gasteiger partial charge in [-0.15, -0.1) is 0 Å². The molecular weight excluding hydrogens is 264 g/mol. The summed E-state index contributed by atoms with van der Waals surface area (Å²) in [6.45, 7) is 3.30. The minimum absolute atomic E-state index is 0.607. The standard InChI is InChI=1S/C13H19BrN2/c1-11-6-5-8-15-13(11)16-9-4-2-3-7-12(16)10-14/h5-6,8,12H,2-4,7,9-10H2,1H3. The monoisotopic (exact) mass is 282 g/mol. The number of anilines is 1. The highest BCUT2D eigenvalue weighted by Gasteiger charge is 2.22. The Kier molecular flexibility index (Phi) is 4.22. The van der Waals surface area contributed by atoms with Crippen LogP contribution in [0.1, 0.15) is 31.2 Å². The van der Waals surface area contributed by atoms with Gasteiger partial charge in [-0.2, -0.15) is 0 Å². The number of alkyl halides is 1. The van der Waals surface area contributed by atoms with Gasteiger partial charge >= 0.3 is 0 Å². The largest absolute Gasteiger partial charge is 0.353 e. The second kappa shape index (κ2) is 5.67. The third-order valence-electron chi connectivity index (χ3n) is 3.31. The molecule has 0 bridgehead atoms. The molecule has 0 aromatic carbocycles. The average Bonchev–Trinajstić information content (AvgIpc) is 2.54. The first-order valence-electron chi connectivity index (χ1n) is 6.07. The summed E-state index contributed by atoms with van der Waals surface area (Å²) in [7, 11) is 0. The highest BCUT2D eigenvalue weighted by molar-refractivity contribution is 9.09. The fraction of sp³-hybridized carbons (Fsp3) is 0.615. The Morgan fingerprint density at radius 3 is 3.06 bits per heavy atom. The van der Waals surface area contributed by atoms with Crippen molar-refractivity contribution in [2.45, 2.75) is 38.6 Å². The molecule has 1 saturated heterocycles. The van der Waals surface area contributed by atoms with Crippen LogP contribution in [0.4, 0.5) is 5.82 Å². The number of rotatable bonds is 2. The lowest BCUT2D eigenvalue weighted by atomic mass is 10.1. The zero-order valence-electron chi connectivity index (χ0n) is 9.82.